The second-order valence-electron chi connectivity index (χ2n) is 3.33. The highest BCUT2D eigenvalue weighted by molar-refractivity contribution is 5.82. The lowest BCUT2D eigenvalue weighted by molar-refractivity contribution is 0.210. The molecule has 1 aliphatic carbocycles. The van der Waals surface area contributed by atoms with Gasteiger partial charge >= 0.3 is 6.09 Å². The van der Waals surface area contributed by atoms with Crippen molar-refractivity contribution in [3.8, 4) is 0 Å². The van der Waals surface area contributed by atoms with Crippen molar-refractivity contribution in [2.45, 2.75) is 18.8 Å². The van der Waals surface area contributed by atoms with Gasteiger partial charge in [-0.05, 0) is 36.5 Å². The molecule has 1 aromatic rings. The fraction of sp³-hybridized carbons (Fsp3) is 0.300. The molecule has 0 saturated heterocycles. The summed E-state index contributed by atoms with van der Waals surface area (Å²) in [6.07, 6.45) is 1.46. The first-order valence-electron chi connectivity index (χ1n) is 4.35. The molecule has 2 N–H and O–H groups in total. The summed E-state index contributed by atoms with van der Waals surface area (Å²) in [4.78, 5) is 10.4. The van der Waals surface area contributed by atoms with Crippen molar-refractivity contribution in [2.75, 3.05) is 5.32 Å². The van der Waals surface area contributed by atoms with Crippen molar-refractivity contribution in [1.29, 1.82) is 0 Å². The Morgan fingerprint density at radius 3 is 2.85 bits per heavy atom. The van der Waals surface area contributed by atoms with Crippen LogP contribution < -0.4 is 5.32 Å². The Labute approximate surface area is 76.4 Å². The molecule has 1 amide bonds. The molecule has 3 nitrogen and oxygen atoms in total. The van der Waals surface area contributed by atoms with E-state index in [1.54, 1.807) is 6.07 Å². The van der Waals surface area contributed by atoms with E-state index in [1.165, 1.54) is 18.4 Å². The van der Waals surface area contributed by atoms with Crippen LogP contribution in [-0.2, 0) is 0 Å². The first-order chi connectivity index (χ1) is 6.25. The van der Waals surface area contributed by atoms with Crippen LogP contribution in [0.15, 0.2) is 24.3 Å². The normalized spacial score (nSPS) is 15.4. The summed E-state index contributed by atoms with van der Waals surface area (Å²) < 4.78 is 0. The van der Waals surface area contributed by atoms with Crippen LogP contribution in [0.5, 0.6) is 0 Å². The zero-order chi connectivity index (χ0) is 9.26. The molecule has 68 valence electrons. The Morgan fingerprint density at radius 2 is 2.23 bits per heavy atom. The molecule has 1 aliphatic rings. The van der Waals surface area contributed by atoms with E-state index < -0.39 is 6.09 Å². The Hall–Kier alpha value is -1.51. The van der Waals surface area contributed by atoms with E-state index in [4.69, 9.17) is 5.11 Å². The number of amides is 1. The molecule has 2 rings (SSSR count). The largest absolute Gasteiger partial charge is 0.465 e. The van der Waals surface area contributed by atoms with Gasteiger partial charge in [0, 0.05) is 5.69 Å². The minimum absolute atomic E-state index is 0.663. The van der Waals surface area contributed by atoms with Gasteiger partial charge in [-0.15, -0.1) is 0 Å². The van der Waals surface area contributed by atoms with E-state index in [-0.39, 0.29) is 0 Å². The van der Waals surface area contributed by atoms with Crippen LogP contribution in [0, 0.1) is 0 Å². The summed E-state index contributed by atoms with van der Waals surface area (Å²) in [7, 11) is 0. The molecule has 1 saturated carbocycles. The average Bonchev–Trinajstić information content (AvgIpc) is 2.85. The highest BCUT2D eigenvalue weighted by Gasteiger charge is 2.23. The van der Waals surface area contributed by atoms with Gasteiger partial charge in [0.1, 0.15) is 0 Å². The summed E-state index contributed by atoms with van der Waals surface area (Å²) in [5, 5.41) is 10.8. The summed E-state index contributed by atoms with van der Waals surface area (Å²) in [5.41, 5.74) is 1.91. The summed E-state index contributed by atoms with van der Waals surface area (Å²) >= 11 is 0. The van der Waals surface area contributed by atoms with Crippen LogP contribution in [0.3, 0.4) is 0 Å². The molecule has 0 aliphatic heterocycles. The maximum Gasteiger partial charge on any atom is 0.409 e. The topological polar surface area (TPSA) is 49.3 Å². The van der Waals surface area contributed by atoms with Crippen molar-refractivity contribution in [2.24, 2.45) is 0 Å². The van der Waals surface area contributed by atoms with E-state index in [2.05, 4.69) is 5.32 Å². The Bertz CT molecular complexity index is 331. The molecule has 0 radical (unpaired) electrons. The van der Waals surface area contributed by atoms with Gasteiger partial charge in [-0.3, -0.25) is 5.32 Å². The monoisotopic (exact) mass is 177 g/mol. The maximum atomic E-state index is 10.4. The van der Waals surface area contributed by atoms with Gasteiger partial charge in [-0.2, -0.15) is 0 Å². The average molecular weight is 177 g/mol. The Balaban J connectivity index is 2.16. The third-order valence-electron chi connectivity index (χ3n) is 2.19. The van der Waals surface area contributed by atoms with Gasteiger partial charge in [0.15, 0.2) is 0 Å². The van der Waals surface area contributed by atoms with Crippen LogP contribution >= 0.6 is 0 Å². The van der Waals surface area contributed by atoms with Crippen LogP contribution in [0.4, 0.5) is 10.5 Å². The highest BCUT2D eigenvalue weighted by atomic mass is 16.4. The van der Waals surface area contributed by atoms with Gasteiger partial charge in [0.05, 0.1) is 0 Å². The van der Waals surface area contributed by atoms with Gasteiger partial charge in [-0.1, -0.05) is 12.1 Å². The van der Waals surface area contributed by atoms with Gasteiger partial charge in [-0.25, -0.2) is 4.79 Å². The van der Waals surface area contributed by atoms with Gasteiger partial charge in [0.2, 0.25) is 0 Å². The van der Waals surface area contributed by atoms with Gasteiger partial charge in [0.25, 0.3) is 0 Å². The van der Waals surface area contributed by atoms with E-state index >= 15 is 0 Å². The summed E-state index contributed by atoms with van der Waals surface area (Å²) in [6.45, 7) is 0. The number of rotatable bonds is 2. The second-order valence-corrected chi connectivity index (χ2v) is 3.33. The standard InChI is InChI=1S/C10H11NO2/c12-10(13)11-9-3-1-2-8(6-9)7-4-5-7/h1-3,6-7,11H,4-5H2,(H,12,13). The molecular weight excluding hydrogens is 166 g/mol. The van der Waals surface area contributed by atoms with Gasteiger partial charge < -0.3 is 5.11 Å². The van der Waals surface area contributed by atoms with Crippen LogP contribution in [-0.4, -0.2) is 11.2 Å². The lowest BCUT2D eigenvalue weighted by Gasteiger charge is -2.02. The Kier molecular flexibility index (Phi) is 1.93. The predicted molar refractivity (Wildman–Crippen MR) is 50.1 cm³/mol. The fourth-order valence-corrected chi connectivity index (χ4v) is 1.41. The molecule has 1 aromatic carbocycles. The smallest absolute Gasteiger partial charge is 0.409 e. The number of anilines is 1. The van der Waals surface area contributed by atoms with E-state index in [0.717, 1.165) is 0 Å². The third kappa shape index (κ3) is 1.99. The maximum absolute atomic E-state index is 10.4. The van der Waals surface area contributed by atoms with Crippen molar-refractivity contribution in [3.63, 3.8) is 0 Å². The first kappa shape index (κ1) is 8.10. The van der Waals surface area contributed by atoms with Crippen molar-refractivity contribution < 1.29 is 9.90 Å². The number of carboxylic acid groups (broad SMARTS) is 1. The second kappa shape index (κ2) is 3.09. The zero-order valence-corrected chi connectivity index (χ0v) is 7.16. The minimum atomic E-state index is -1.01. The lowest BCUT2D eigenvalue weighted by Crippen LogP contribution is -2.07. The number of hydrogen-bond acceptors (Lipinski definition) is 1. The number of carbonyl (C=O) groups is 1. The predicted octanol–water partition coefficient (Wildman–Crippen LogP) is 2.65. The molecule has 0 spiro atoms. The summed E-state index contributed by atoms with van der Waals surface area (Å²) in [6, 6.07) is 7.61. The van der Waals surface area contributed by atoms with Crippen molar-refractivity contribution in [3.05, 3.63) is 29.8 Å². The SMILES string of the molecule is O=C(O)Nc1cccc(C2CC2)c1. The van der Waals surface area contributed by atoms with Crippen LogP contribution in [0.25, 0.3) is 0 Å². The summed E-state index contributed by atoms with van der Waals surface area (Å²) in [5.74, 6) is 0.663. The zero-order valence-electron chi connectivity index (χ0n) is 7.16. The van der Waals surface area contributed by atoms with Crippen molar-refractivity contribution in [1.82, 2.24) is 0 Å². The number of hydrogen-bond donors (Lipinski definition) is 2. The number of nitrogens with one attached hydrogen (secondary N) is 1. The van der Waals surface area contributed by atoms with E-state index in [1.807, 2.05) is 18.2 Å². The lowest BCUT2D eigenvalue weighted by atomic mass is 10.1. The van der Waals surface area contributed by atoms with Crippen LogP contribution in [0.1, 0.15) is 24.3 Å². The first-order valence-corrected chi connectivity index (χ1v) is 4.35. The molecule has 0 bridgehead atoms. The van der Waals surface area contributed by atoms with E-state index in [0.29, 0.717) is 11.6 Å². The molecule has 1 fully saturated rings. The molecular formula is C10H11NO2. The molecule has 0 aromatic heterocycles. The molecule has 0 heterocycles. The highest BCUT2D eigenvalue weighted by Crippen LogP contribution is 2.40. The van der Waals surface area contributed by atoms with Crippen LogP contribution in [0.2, 0.25) is 0 Å². The molecule has 3 heteroatoms. The molecule has 13 heavy (non-hydrogen) atoms. The Morgan fingerprint density at radius 1 is 1.46 bits per heavy atom. The van der Waals surface area contributed by atoms with Crippen molar-refractivity contribution >= 4 is 11.8 Å². The third-order valence-corrected chi connectivity index (χ3v) is 2.19. The van der Waals surface area contributed by atoms with E-state index in [9.17, 15) is 4.79 Å². The fourth-order valence-electron chi connectivity index (χ4n) is 1.41. The quantitative estimate of drug-likeness (QED) is 0.729. The minimum Gasteiger partial charge on any atom is -0.465 e. The molecule has 0 atom stereocenters. The molecule has 0 unspecified atom stereocenters. The number of benzene rings is 1.